The lowest BCUT2D eigenvalue weighted by Crippen LogP contribution is -2.41. The van der Waals surface area contributed by atoms with Crippen molar-refractivity contribution in [3.05, 3.63) is 33.8 Å². The normalized spacial score (nSPS) is 15.5. The predicted octanol–water partition coefficient (Wildman–Crippen LogP) is 1.59. The van der Waals surface area contributed by atoms with Gasteiger partial charge in [-0.1, -0.05) is 22.0 Å². The van der Waals surface area contributed by atoms with Gasteiger partial charge in [-0.3, -0.25) is 4.79 Å². The molecule has 0 unspecified atom stereocenters. The van der Waals surface area contributed by atoms with Gasteiger partial charge in [0.2, 0.25) is 5.91 Å². The smallest absolute Gasteiger partial charge is 0.337 e. The van der Waals surface area contributed by atoms with Gasteiger partial charge in [-0.05, 0) is 17.7 Å². The number of hydrogen-bond donors (Lipinski definition) is 0. The Hall–Kier alpha value is -1.40. The summed E-state index contributed by atoms with van der Waals surface area (Å²) in [7, 11) is 1.34. The number of rotatable bonds is 3. The molecule has 1 fully saturated rings. The third-order valence-electron chi connectivity index (χ3n) is 2.92. The minimum atomic E-state index is -0.380. The summed E-state index contributed by atoms with van der Waals surface area (Å²) in [6.07, 6.45) is 0. The van der Waals surface area contributed by atoms with Crippen LogP contribution in [0.4, 0.5) is 0 Å². The first kappa shape index (κ1) is 14.0. The lowest BCUT2D eigenvalue weighted by Gasteiger charge is -2.27. The fourth-order valence-electron chi connectivity index (χ4n) is 1.84. The second kappa shape index (κ2) is 6.16. The molecule has 1 aliphatic rings. The molecule has 0 saturated carbocycles. The van der Waals surface area contributed by atoms with Gasteiger partial charge in [-0.15, -0.1) is 0 Å². The van der Waals surface area contributed by atoms with Crippen LogP contribution < -0.4 is 0 Å². The van der Waals surface area contributed by atoms with Gasteiger partial charge in [0, 0.05) is 17.6 Å². The van der Waals surface area contributed by atoms with Crippen LogP contribution in [0.15, 0.2) is 22.7 Å². The van der Waals surface area contributed by atoms with E-state index in [1.807, 2.05) is 6.07 Å². The Labute approximate surface area is 119 Å². The summed E-state index contributed by atoms with van der Waals surface area (Å²) in [5.41, 5.74) is 1.43. The second-order valence-corrected chi connectivity index (χ2v) is 5.02. The third kappa shape index (κ3) is 3.33. The molecule has 0 atom stereocenters. The molecule has 1 aromatic rings. The van der Waals surface area contributed by atoms with Crippen LogP contribution in [-0.4, -0.2) is 43.6 Å². The summed E-state index contributed by atoms with van der Waals surface area (Å²) in [6.45, 7) is 1.79. The Bertz CT molecular complexity index is 503. The first-order valence-corrected chi connectivity index (χ1v) is 6.63. The summed E-state index contributed by atoms with van der Waals surface area (Å²) in [4.78, 5) is 24.8. The van der Waals surface area contributed by atoms with Crippen molar-refractivity contribution < 1.29 is 19.1 Å². The number of hydrogen-bond acceptors (Lipinski definition) is 4. The molecule has 1 heterocycles. The van der Waals surface area contributed by atoms with Gasteiger partial charge in [0.1, 0.15) is 6.61 Å². The van der Waals surface area contributed by atoms with Crippen molar-refractivity contribution in [2.24, 2.45) is 0 Å². The van der Waals surface area contributed by atoms with E-state index in [1.165, 1.54) is 7.11 Å². The highest BCUT2D eigenvalue weighted by Gasteiger charge is 2.19. The number of morpholine rings is 1. The van der Waals surface area contributed by atoms with Crippen LogP contribution in [0.1, 0.15) is 15.9 Å². The molecule has 0 spiro atoms. The van der Waals surface area contributed by atoms with E-state index in [2.05, 4.69) is 20.7 Å². The molecule has 1 aliphatic heterocycles. The monoisotopic (exact) mass is 327 g/mol. The molecule has 2 rings (SSSR count). The Morgan fingerprint density at radius 3 is 2.95 bits per heavy atom. The van der Waals surface area contributed by atoms with Crippen LogP contribution in [0.25, 0.3) is 0 Å². The Balaban J connectivity index is 2.12. The number of carbonyl (C=O) groups is 2. The third-order valence-corrected chi connectivity index (χ3v) is 3.66. The standard InChI is InChI=1S/C13H14BrNO4/c1-18-13(17)9-2-3-10(11(14)6-9)7-15-4-5-19-8-12(15)16/h2-3,6H,4-5,7-8H2,1H3. The van der Waals surface area contributed by atoms with E-state index in [-0.39, 0.29) is 18.5 Å². The van der Waals surface area contributed by atoms with E-state index in [9.17, 15) is 9.59 Å². The van der Waals surface area contributed by atoms with Gasteiger partial charge in [-0.25, -0.2) is 4.79 Å². The number of benzene rings is 1. The van der Waals surface area contributed by atoms with Gasteiger partial charge < -0.3 is 14.4 Å². The molecule has 0 N–H and O–H groups in total. The molecule has 0 radical (unpaired) electrons. The average Bonchev–Trinajstić information content (AvgIpc) is 2.42. The minimum absolute atomic E-state index is 0.0183. The highest BCUT2D eigenvalue weighted by Crippen LogP contribution is 2.21. The quantitative estimate of drug-likeness (QED) is 0.791. The zero-order valence-electron chi connectivity index (χ0n) is 10.5. The molecule has 0 bridgehead atoms. The maximum Gasteiger partial charge on any atom is 0.337 e. The summed E-state index contributed by atoms with van der Waals surface area (Å²) in [6, 6.07) is 5.21. The van der Waals surface area contributed by atoms with E-state index in [4.69, 9.17) is 4.74 Å². The van der Waals surface area contributed by atoms with Gasteiger partial charge in [0.15, 0.2) is 0 Å². The van der Waals surface area contributed by atoms with Crippen molar-refractivity contribution in [2.45, 2.75) is 6.54 Å². The average molecular weight is 328 g/mol. The van der Waals surface area contributed by atoms with Crippen LogP contribution in [0.2, 0.25) is 0 Å². The number of ether oxygens (including phenoxy) is 2. The van der Waals surface area contributed by atoms with E-state index >= 15 is 0 Å². The Morgan fingerprint density at radius 1 is 1.53 bits per heavy atom. The summed E-state index contributed by atoms with van der Waals surface area (Å²) in [5.74, 6) is -0.398. The topological polar surface area (TPSA) is 55.8 Å². The van der Waals surface area contributed by atoms with Gasteiger partial charge >= 0.3 is 5.97 Å². The molecule has 1 saturated heterocycles. The van der Waals surface area contributed by atoms with Crippen molar-refractivity contribution in [3.63, 3.8) is 0 Å². The molecular weight excluding hydrogens is 314 g/mol. The molecule has 0 aromatic heterocycles. The van der Waals surface area contributed by atoms with E-state index in [0.717, 1.165) is 10.0 Å². The number of esters is 1. The SMILES string of the molecule is COC(=O)c1ccc(CN2CCOCC2=O)c(Br)c1. The fourth-order valence-corrected chi connectivity index (χ4v) is 2.35. The zero-order chi connectivity index (χ0) is 13.8. The van der Waals surface area contributed by atoms with Crippen LogP contribution in [-0.2, 0) is 20.8 Å². The number of nitrogens with zero attached hydrogens (tertiary/aromatic N) is 1. The van der Waals surface area contributed by atoms with Crippen molar-refractivity contribution in [3.8, 4) is 0 Å². The van der Waals surface area contributed by atoms with Gasteiger partial charge in [0.05, 0.1) is 19.3 Å². The van der Waals surface area contributed by atoms with Crippen molar-refractivity contribution in [2.75, 3.05) is 26.9 Å². The fraction of sp³-hybridized carbons (Fsp3) is 0.385. The highest BCUT2D eigenvalue weighted by atomic mass is 79.9. The van der Waals surface area contributed by atoms with Crippen LogP contribution in [0.5, 0.6) is 0 Å². The lowest BCUT2D eigenvalue weighted by atomic mass is 10.1. The zero-order valence-corrected chi connectivity index (χ0v) is 12.1. The van der Waals surface area contributed by atoms with Crippen LogP contribution >= 0.6 is 15.9 Å². The molecule has 6 heteroatoms. The van der Waals surface area contributed by atoms with E-state index < -0.39 is 0 Å². The van der Waals surface area contributed by atoms with E-state index in [0.29, 0.717) is 25.3 Å². The maximum atomic E-state index is 11.6. The molecule has 19 heavy (non-hydrogen) atoms. The molecule has 0 aliphatic carbocycles. The molecule has 102 valence electrons. The number of amides is 1. The van der Waals surface area contributed by atoms with E-state index in [1.54, 1.807) is 17.0 Å². The van der Waals surface area contributed by atoms with Crippen molar-refractivity contribution >= 4 is 27.8 Å². The van der Waals surface area contributed by atoms with Gasteiger partial charge in [-0.2, -0.15) is 0 Å². The predicted molar refractivity (Wildman–Crippen MR) is 71.7 cm³/mol. The summed E-state index contributed by atoms with van der Waals surface area (Å²) >= 11 is 3.41. The molecular formula is C13H14BrNO4. The summed E-state index contributed by atoms with van der Waals surface area (Å²) < 4.78 is 10.5. The minimum Gasteiger partial charge on any atom is -0.465 e. The second-order valence-electron chi connectivity index (χ2n) is 4.17. The Kier molecular flexibility index (Phi) is 4.55. The molecule has 1 amide bonds. The summed E-state index contributed by atoms with van der Waals surface area (Å²) in [5, 5.41) is 0. The highest BCUT2D eigenvalue weighted by molar-refractivity contribution is 9.10. The van der Waals surface area contributed by atoms with Crippen LogP contribution in [0, 0.1) is 0 Å². The van der Waals surface area contributed by atoms with Crippen molar-refractivity contribution in [1.29, 1.82) is 0 Å². The van der Waals surface area contributed by atoms with Crippen molar-refractivity contribution in [1.82, 2.24) is 4.90 Å². The first-order chi connectivity index (χ1) is 9.11. The molecule has 1 aromatic carbocycles. The maximum absolute atomic E-state index is 11.6. The number of carbonyl (C=O) groups excluding carboxylic acids is 2. The van der Waals surface area contributed by atoms with Crippen LogP contribution in [0.3, 0.4) is 0 Å². The lowest BCUT2D eigenvalue weighted by molar-refractivity contribution is -0.143. The largest absolute Gasteiger partial charge is 0.465 e. The Morgan fingerprint density at radius 2 is 2.32 bits per heavy atom. The number of halogens is 1. The first-order valence-electron chi connectivity index (χ1n) is 5.84. The van der Waals surface area contributed by atoms with Gasteiger partial charge in [0.25, 0.3) is 0 Å². The number of methoxy groups -OCH3 is 1. The molecule has 5 nitrogen and oxygen atoms in total.